The predicted molar refractivity (Wildman–Crippen MR) is 154 cm³/mol. The fraction of sp³-hybridized carbons (Fsp3) is 0.393. The summed E-state index contributed by atoms with van der Waals surface area (Å²) in [7, 11) is -1.12. The van der Waals surface area contributed by atoms with Gasteiger partial charge in [0, 0.05) is 49.6 Å². The number of methoxy groups -OCH3 is 1. The van der Waals surface area contributed by atoms with Crippen LogP contribution in [0.2, 0.25) is 5.02 Å². The van der Waals surface area contributed by atoms with Crippen molar-refractivity contribution in [2.24, 2.45) is 0 Å². The fourth-order valence-electron chi connectivity index (χ4n) is 5.55. The lowest BCUT2D eigenvalue weighted by Crippen LogP contribution is -2.66. The Morgan fingerprint density at radius 1 is 1.12 bits per heavy atom. The molecule has 3 aromatic rings. The van der Waals surface area contributed by atoms with Crippen LogP contribution in [0.3, 0.4) is 0 Å². The highest BCUT2D eigenvalue weighted by Crippen LogP contribution is 2.29. The van der Waals surface area contributed by atoms with Crippen molar-refractivity contribution in [1.29, 1.82) is 0 Å². The summed E-state index contributed by atoms with van der Waals surface area (Å²) < 4.78 is 33.3. The van der Waals surface area contributed by atoms with Crippen LogP contribution in [-0.2, 0) is 31.0 Å². The number of carbonyl (C=O) groups is 2. The zero-order valence-corrected chi connectivity index (χ0v) is 24.4. The van der Waals surface area contributed by atoms with E-state index >= 15 is 0 Å². The number of pyridine rings is 1. The molecule has 13 heteroatoms. The molecule has 3 heterocycles. The number of esters is 1. The molecule has 2 aliphatic heterocycles. The standard InChI is InChI=1S/C28H32ClN5O6S/c1-31(23-8-11-32(12-9-23)24-7-10-30-22(15-24)18-35)34-26(28(37)40-2)16-33(17-27(34)36)41(38,39)25-6-4-19-13-21(29)5-3-20(19)14-25/h3-7,10,13-15,23,26,35H,8-9,11-12,16-18H2,1-2H3. The number of benzene rings is 2. The molecule has 1 unspecified atom stereocenters. The Morgan fingerprint density at radius 2 is 1.83 bits per heavy atom. The second kappa shape index (κ2) is 11.9. The van der Waals surface area contributed by atoms with E-state index in [1.54, 1.807) is 42.5 Å². The number of hydrogen-bond acceptors (Lipinski definition) is 9. The Labute approximate surface area is 243 Å². The summed E-state index contributed by atoms with van der Waals surface area (Å²) in [6.07, 6.45) is 3.07. The van der Waals surface area contributed by atoms with Gasteiger partial charge in [-0.05, 0) is 60.0 Å². The summed E-state index contributed by atoms with van der Waals surface area (Å²) in [6, 6.07) is 12.4. The van der Waals surface area contributed by atoms with Crippen molar-refractivity contribution in [3.8, 4) is 0 Å². The van der Waals surface area contributed by atoms with Crippen LogP contribution in [0.4, 0.5) is 5.69 Å². The number of ether oxygens (including phenoxy) is 1. The molecule has 1 N–H and O–H groups in total. The number of piperazine rings is 1. The minimum atomic E-state index is -4.09. The molecule has 2 aromatic carbocycles. The van der Waals surface area contributed by atoms with Crippen LogP contribution < -0.4 is 4.90 Å². The van der Waals surface area contributed by atoms with Crippen LogP contribution in [-0.4, -0.2) is 97.1 Å². The van der Waals surface area contributed by atoms with E-state index in [2.05, 4.69) is 9.88 Å². The maximum atomic E-state index is 13.6. The van der Waals surface area contributed by atoms with Gasteiger partial charge in [0.15, 0.2) is 6.04 Å². The molecule has 1 aromatic heterocycles. The molecule has 2 saturated heterocycles. The van der Waals surface area contributed by atoms with E-state index in [0.29, 0.717) is 42.0 Å². The lowest BCUT2D eigenvalue weighted by atomic mass is 10.0. The summed E-state index contributed by atoms with van der Waals surface area (Å²) >= 11 is 6.06. The van der Waals surface area contributed by atoms with Crippen LogP contribution in [0.25, 0.3) is 10.8 Å². The van der Waals surface area contributed by atoms with Crippen molar-refractivity contribution in [3.05, 3.63) is 65.4 Å². The molecule has 2 aliphatic rings. The van der Waals surface area contributed by atoms with Gasteiger partial charge in [0.2, 0.25) is 10.0 Å². The molecule has 41 heavy (non-hydrogen) atoms. The lowest BCUT2D eigenvalue weighted by molar-refractivity contribution is -0.178. The van der Waals surface area contributed by atoms with E-state index in [1.807, 2.05) is 12.1 Å². The summed E-state index contributed by atoms with van der Waals surface area (Å²) in [6.45, 7) is 0.620. The Morgan fingerprint density at radius 3 is 2.54 bits per heavy atom. The van der Waals surface area contributed by atoms with Gasteiger partial charge in [-0.15, -0.1) is 0 Å². The smallest absolute Gasteiger partial charge is 0.331 e. The molecular formula is C28H32ClN5O6S. The van der Waals surface area contributed by atoms with Crippen LogP contribution >= 0.6 is 11.6 Å². The number of aliphatic hydroxyl groups is 1. The first-order valence-corrected chi connectivity index (χ1v) is 15.1. The van der Waals surface area contributed by atoms with Crippen LogP contribution in [0.1, 0.15) is 18.5 Å². The first kappa shape index (κ1) is 29.2. The number of sulfonamides is 1. The third-order valence-corrected chi connectivity index (χ3v) is 9.83. The quantitative estimate of drug-likeness (QED) is 0.406. The first-order chi connectivity index (χ1) is 19.6. The topological polar surface area (TPSA) is 124 Å². The number of rotatable bonds is 7. The van der Waals surface area contributed by atoms with E-state index in [0.717, 1.165) is 15.4 Å². The number of fused-ring (bicyclic) bond motifs is 1. The van der Waals surface area contributed by atoms with Gasteiger partial charge >= 0.3 is 5.97 Å². The number of hydrazine groups is 1. The number of halogens is 1. The monoisotopic (exact) mass is 601 g/mol. The summed E-state index contributed by atoms with van der Waals surface area (Å²) in [5, 5.41) is 14.5. The van der Waals surface area contributed by atoms with Crippen molar-refractivity contribution >= 4 is 50.0 Å². The SMILES string of the molecule is COC(=O)C1CN(S(=O)(=O)c2ccc3cc(Cl)ccc3c2)CC(=O)N1N(C)C1CCN(c2ccnc(CO)c2)CC1. The van der Waals surface area contributed by atoms with E-state index in [9.17, 15) is 23.1 Å². The van der Waals surface area contributed by atoms with Gasteiger partial charge in [-0.1, -0.05) is 23.7 Å². The molecule has 11 nitrogen and oxygen atoms in total. The van der Waals surface area contributed by atoms with Gasteiger partial charge in [0.25, 0.3) is 5.91 Å². The molecule has 0 radical (unpaired) electrons. The van der Waals surface area contributed by atoms with Gasteiger partial charge in [0.1, 0.15) is 0 Å². The second-order valence-electron chi connectivity index (χ2n) is 10.2. The van der Waals surface area contributed by atoms with Crippen LogP contribution in [0.5, 0.6) is 0 Å². The average Bonchev–Trinajstić information content (AvgIpc) is 2.99. The molecule has 1 amide bonds. The number of aliphatic hydroxyl groups excluding tert-OH is 1. The highest BCUT2D eigenvalue weighted by Gasteiger charge is 2.45. The minimum Gasteiger partial charge on any atom is -0.467 e. The fourth-order valence-corrected chi connectivity index (χ4v) is 7.16. The number of carbonyl (C=O) groups excluding carboxylic acids is 2. The lowest BCUT2D eigenvalue weighted by Gasteiger charge is -2.47. The summed E-state index contributed by atoms with van der Waals surface area (Å²) in [4.78, 5) is 32.8. The largest absolute Gasteiger partial charge is 0.467 e. The summed E-state index contributed by atoms with van der Waals surface area (Å²) in [5.41, 5.74) is 1.55. The number of hydrogen-bond donors (Lipinski definition) is 1. The molecule has 218 valence electrons. The van der Waals surface area contributed by atoms with Gasteiger partial charge < -0.3 is 14.7 Å². The predicted octanol–water partition coefficient (Wildman–Crippen LogP) is 2.27. The number of amides is 1. The Balaban J connectivity index is 1.33. The number of nitrogens with zero attached hydrogens (tertiary/aromatic N) is 5. The molecule has 5 rings (SSSR count). The third-order valence-electron chi connectivity index (χ3n) is 7.78. The Bertz CT molecular complexity index is 1560. The molecule has 1 atom stereocenters. The molecular weight excluding hydrogens is 570 g/mol. The molecule has 0 spiro atoms. The normalized spacial score (nSPS) is 19.2. The molecule has 0 aliphatic carbocycles. The van der Waals surface area contributed by atoms with E-state index in [1.165, 1.54) is 24.3 Å². The van der Waals surface area contributed by atoms with Crippen molar-refractivity contribution < 1.29 is 27.9 Å². The zero-order valence-electron chi connectivity index (χ0n) is 22.8. The molecule has 0 bridgehead atoms. The first-order valence-electron chi connectivity index (χ1n) is 13.2. The minimum absolute atomic E-state index is 0.0263. The average molecular weight is 602 g/mol. The number of piperidine rings is 1. The van der Waals surface area contributed by atoms with E-state index in [4.69, 9.17) is 16.3 Å². The van der Waals surface area contributed by atoms with E-state index in [-0.39, 0.29) is 24.1 Å². The maximum absolute atomic E-state index is 13.6. The second-order valence-corrected chi connectivity index (χ2v) is 12.6. The Hall–Kier alpha value is -3.29. The molecule has 2 fully saturated rings. The number of anilines is 1. The van der Waals surface area contributed by atoms with Gasteiger partial charge in [-0.2, -0.15) is 4.31 Å². The van der Waals surface area contributed by atoms with Crippen molar-refractivity contribution in [2.45, 2.75) is 36.4 Å². The highest BCUT2D eigenvalue weighted by molar-refractivity contribution is 7.89. The Kier molecular flexibility index (Phi) is 8.48. The van der Waals surface area contributed by atoms with Crippen LogP contribution in [0.15, 0.2) is 59.6 Å². The van der Waals surface area contributed by atoms with E-state index < -0.39 is 34.5 Å². The van der Waals surface area contributed by atoms with Crippen molar-refractivity contribution in [1.82, 2.24) is 19.3 Å². The summed E-state index contributed by atoms with van der Waals surface area (Å²) in [5.74, 6) is -1.20. The van der Waals surface area contributed by atoms with Crippen LogP contribution in [0, 0.1) is 0 Å². The highest BCUT2D eigenvalue weighted by atomic mass is 35.5. The zero-order chi connectivity index (χ0) is 29.3. The van der Waals surface area contributed by atoms with Gasteiger partial charge in [-0.3, -0.25) is 14.8 Å². The van der Waals surface area contributed by atoms with Gasteiger partial charge in [0.05, 0.1) is 30.9 Å². The van der Waals surface area contributed by atoms with Crippen molar-refractivity contribution in [2.75, 3.05) is 45.2 Å². The maximum Gasteiger partial charge on any atom is 0.331 e. The number of aromatic nitrogens is 1. The molecule has 0 saturated carbocycles. The van der Waals surface area contributed by atoms with Gasteiger partial charge in [-0.25, -0.2) is 18.2 Å². The van der Waals surface area contributed by atoms with Crippen molar-refractivity contribution in [3.63, 3.8) is 0 Å². The third kappa shape index (κ3) is 5.88.